The Balaban J connectivity index is 1.87. The van der Waals surface area contributed by atoms with Crippen molar-refractivity contribution < 1.29 is 9.53 Å². The zero-order valence-electron chi connectivity index (χ0n) is 13.3. The number of rotatable bonds is 5. The van der Waals surface area contributed by atoms with Gasteiger partial charge < -0.3 is 14.6 Å². The molecule has 2 rings (SSSR count). The van der Waals surface area contributed by atoms with Crippen LogP contribution < -0.4 is 10.6 Å². The van der Waals surface area contributed by atoms with Gasteiger partial charge in [0.05, 0.1) is 12.7 Å². The van der Waals surface area contributed by atoms with Gasteiger partial charge in [0.2, 0.25) is 0 Å². The molecule has 2 heterocycles. The molecule has 120 valence electrons. The molecule has 0 unspecified atom stereocenters. The molecule has 0 saturated carbocycles. The van der Waals surface area contributed by atoms with Gasteiger partial charge in [-0.1, -0.05) is 0 Å². The lowest BCUT2D eigenvalue weighted by Crippen LogP contribution is -2.27. The molecule has 0 aliphatic carbocycles. The summed E-state index contributed by atoms with van der Waals surface area (Å²) in [6, 6.07) is 0. The van der Waals surface area contributed by atoms with Crippen LogP contribution in [0.5, 0.6) is 0 Å². The van der Waals surface area contributed by atoms with Gasteiger partial charge in [0.15, 0.2) is 0 Å². The first-order valence-corrected chi connectivity index (χ1v) is 7.04. The SMILES string of the molecule is Cn1ccnc1CNCc1cn[nH]c1NC(=O)OC(C)(C)C. The number of aromatic amines is 1. The number of aryl methyl sites for hydroxylation is 1. The topological polar surface area (TPSA) is 96.9 Å². The van der Waals surface area contributed by atoms with E-state index in [2.05, 4.69) is 25.8 Å². The van der Waals surface area contributed by atoms with Gasteiger partial charge in [-0.15, -0.1) is 0 Å². The maximum absolute atomic E-state index is 11.8. The molecule has 0 radical (unpaired) electrons. The highest BCUT2D eigenvalue weighted by atomic mass is 16.6. The fraction of sp³-hybridized carbons (Fsp3) is 0.500. The lowest BCUT2D eigenvalue weighted by Gasteiger charge is -2.19. The second kappa shape index (κ2) is 6.61. The van der Waals surface area contributed by atoms with Crippen molar-refractivity contribution in [3.8, 4) is 0 Å². The van der Waals surface area contributed by atoms with Crippen LogP contribution in [0.1, 0.15) is 32.2 Å². The predicted molar refractivity (Wildman–Crippen MR) is 82.2 cm³/mol. The summed E-state index contributed by atoms with van der Waals surface area (Å²) in [5.41, 5.74) is 0.306. The third kappa shape index (κ3) is 4.59. The molecule has 8 nitrogen and oxygen atoms in total. The van der Waals surface area contributed by atoms with Gasteiger partial charge in [-0.25, -0.2) is 9.78 Å². The average Bonchev–Trinajstić information content (AvgIpc) is 2.98. The number of nitrogens with one attached hydrogen (secondary N) is 3. The Hall–Kier alpha value is -2.35. The Morgan fingerprint density at radius 1 is 1.41 bits per heavy atom. The Labute approximate surface area is 129 Å². The summed E-state index contributed by atoms with van der Waals surface area (Å²) in [6.07, 6.45) is 4.80. The predicted octanol–water partition coefficient (Wildman–Crippen LogP) is 1.78. The monoisotopic (exact) mass is 306 g/mol. The first-order valence-electron chi connectivity index (χ1n) is 7.04. The molecule has 0 aliphatic heterocycles. The van der Waals surface area contributed by atoms with Crippen molar-refractivity contribution >= 4 is 11.9 Å². The van der Waals surface area contributed by atoms with Crippen molar-refractivity contribution in [3.63, 3.8) is 0 Å². The molecule has 3 N–H and O–H groups in total. The summed E-state index contributed by atoms with van der Waals surface area (Å²) >= 11 is 0. The molecule has 0 aromatic carbocycles. The van der Waals surface area contributed by atoms with Crippen molar-refractivity contribution in [2.45, 2.75) is 39.5 Å². The molecule has 0 bridgehead atoms. The van der Waals surface area contributed by atoms with Crippen LogP contribution >= 0.6 is 0 Å². The number of aromatic nitrogens is 4. The Kier molecular flexibility index (Phi) is 4.81. The van der Waals surface area contributed by atoms with Crippen LogP contribution in [-0.4, -0.2) is 31.4 Å². The zero-order chi connectivity index (χ0) is 16.2. The van der Waals surface area contributed by atoms with Gasteiger partial charge in [0.1, 0.15) is 17.2 Å². The van der Waals surface area contributed by atoms with E-state index in [0.29, 0.717) is 18.9 Å². The number of carbonyl (C=O) groups excluding carboxylic acids is 1. The minimum atomic E-state index is -0.541. The number of carbonyl (C=O) groups is 1. The van der Waals surface area contributed by atoms with Crippen LogP contribution in [0.4, 0.5) is 10.6 Å². The molecule has 0 atom stereocenters. The molecule has 2 aromatic rings. The molecule has 8 heteroatoms. The molecule has 2 aromatic heterocycles. The molecule has 22 heavy (non-hydrogen) atoms. The van der Waals surface area contributed by atoms with E-state index in [1.165, 1.54) is 0 Å². The molecule has 1 amide bonds. The highest BCUT2D eigenvalue weighted by Gasteiger charge is 2.17. The number of hydrogen-bond donors (Lipinski definition) is 3. The summed E-state index contributed by atoms with van der Waals surface area (Å²) in [5.74, 6) is 1.46. The van der Waals surface area contributed by atoms with Crippen LogP contribution in [0, 0.1) is 0 Å². The molecule has 0 aliphatic rings. The number of hydrogen-bond acceptors (Lipinski definition) is 5. The fourth-order valence-electron chi connectivity index (χ4n) is 1.83. The van der Waals surface area contributed by atoms with E-state index in [4.69, 9.17) is 4.74 Å². The van der Waals surface area contributed by atoms with Gasteiger partial charge in [-0.05, 0) is 20.8 Å². The van der Waals surface area contributed by atoms with Crippen LogP contribution in [0.15, 0.2) is 18.6 Å². The van der Waals surface area contributed by atoms with Crippen molar-refractivity contribution in [2.75, 3.05) is 5.32 Å². The summed E-state index contributed by atoms with van der Waals surface area (Å²) in [7, 11) is 1.94. The highest BCUT2D eigenvalue weighted by Crippen LogP contribution is 2.13. The number of ether oxygens (including phenoxy) is 1. The second-order valence-corrected chi connectivity index (χ2v) is 5.96. The van der Waals surface area contributed by atoms with E-state index < -0.39 is 11.7 Å². The number of H-pyrrole nitrogens is 1. The van der Waals surface area contributed by atoms with Gasteiger partial charge in [0, 0.05) is 31.5 Å². The maximum Gasteiger partial charge on any atom is 0.413 e. The first-order chi connectivity index (χ1) is 10.3. The maximum atomic E-state index is 11.8. The van der Waals surface area contributed by atoms with E-state index in [0.717, 1.165) is 11.4 Å². The van der Waals surface area contributed by atoms with E-state index in [1.54, 1.807) is 12.4 Å². The number of nitrogens with zero attached hydrogens (tertiary/aromatic N) is 3. The number of anilines is 1. The third-order valence-corrected chi connectivity index (χ3v) is 2.86. The summed E-state index contributed by atoms with van der Waals surface area (Å²) in [4.78, 5) is 16.0. The molecular weight excluding hydrogens is 284 g/mol. The van der Waals surface area contributed by atoms with E-state index in [1.807, 2.05) is 38.6 Å². The minimum absolute atomic E-state index is 0.512. The Morgan fingerprint density at radius 3 is 2.82 bits per heavy atom. The van der Waals surface area contributed by atoms with E-state index >= 15 is 0 Å². The van der Waals surface area contributed by atoms with Gasteiger partial charge in [-0.3, -0.25) is 10.4 Å². The highest BCUT2D eigenvalue weighted by molar-refractivity contribution is 5.84. The van der Waals surface area contributed by atoms with Gasteiger partial charge >= 0.3 is 6.09 Å². The van der Waals surface area contributed by atoms with E-state index in [9.17, 15) is 4.79 Å². The molecular formula is C14H22N6O2. The van der Waals surface area contributed by atoms with Gasteiger partial charge in [-0.2, -0.15) is 5.10 Å². The normalized spacial score (nSPS) is 11.5. The molecule has 0 spiro atoms. The molecule has 0 fully saturated rings. The lowest BCUT2D eigenvalue weighted by atomic mass is 10.2. The largest absolute Gasteiger partial charge is 0.444 e. The first kappa shape index (κ1) is 16.0. The summed E-state index contributed by atoms with van der Waals surface area (Å²) < 4.78 is 7.16. The number of imidazole rings is 1. The zero-order valence-corrected chi connectivity index (χ0v) is 13.3. The standard InChI is InChI=1S/C14H22N6O2/c1-14(2,3)22-13(21)18-12-10(8-17-19-12)7-15-9-11-16-5-6-20(11)4/h5-6,8,15H,7,9H2,1-4H3,(H2,17,18,19,21). The van der Waals surface area contributed by atoms with Crippen molar-refractivity contribution in [3.05, 3.63) is 30.0 Å². The Bertz CT molecular complexity index is 625. The van der Waals surface area contributed by atoms with Crippen molar-refractivity contribution in [1.82, 2.24) is 25.1 Å². The lowest BCUT2D eigenvalue weighted by molar-refractivity contribution is 0.0635. The van der Waals surface area contributed by atoms with Crippen LogP contribution in [0.3, 0.4) is 0 Å². The van der Waals surface area contributed by atoms with E-state index in [-0.39, 0.29) is 0 Å². The van der Waals surface area contributed by atoms with Crippen LogP contribution in [0.2, 0.25) is 0 Å². The summed E-state index contributed by atoms with van der Waals surface area (Å²) in [5, 5.41) is 12.6. The third-order valence-electron chi connectivity index (χ3n) is 2.86. The van der Waals surface area contributed by atoms with Crippen LogP contribution in [-0.2, 0) is 24.9 Å². The molecule has 0 saturated heterocycles. The van der Waals surface area contributed by atoms with Crippen LogP contribution in [0.25, 0.3) is 0 Å². The smallest absolute Gasteiger partial charge is 0.413 e. The minimum Gasteiger partial charge on any atom is -0.444 e. The van der Waals surface area contributed by atoms with Gasteiger partial charge in [0.25, 0.3) is 0 Å². The van der Waals surface area contributed by atoms with Crippen molar-refractivity contribution in [1.29, 1.82) is 0 Å². The summed E-state index contributed by atoms with van der Waals surface area (Å²) in [6.45, 7) is 6.62. The number of amides is 1. The quantitative estimate of drug-likeness (QED) is 0.782. The average molecular weight is 306 g/mol. The fourth-order valence-corrected chi connectivity index (χ4v) is 1.83. The van der Waals surface area contributed by atoms with Crippen molar-refractivity contribution in [2.24, 2.45) is 7.05 Å². The second-order valence-electron chi connectivity index (χ2n) is 5.96. The Morgan fingerprint density at radius 2 is 2.18 bits per heavy atom.